The minimum atomic E-state index is -0.229. The molecular formula is C9H19N3O. The molecule has 13 heavy (non-hydrogen) atoms. The number of amides is 1. The van der Waals surface area contributed by atoms with Gasteiger partial charge in [0, 0.05) is 25.6 Å². The van der Waals surface area contributed by atoms with Crippen LogP contribution in [0.1, 0.15) is 19.3 Å². The molecule has 1 saturated heterocycles. The molecule has 0 aromatic rings. The van der Waals surface area contributed by atoms with Crippen molar-refractivity contribution in [3.8, 4) is 0 Å². The quantitative estimate of drug-likeness (QED) is 0.570. The lowest BCUT2D eigenvalue weighted by molar-refractivity contribution is -0.117. The van der Waals surface area contributed by atoms with Gasteiger partial charge >= 0.3 is 0 Å². The monoisotopic (exact) mass is 185 g/mol. The number of carbonyl (C=O) groups excluding carboxylic acids is 1. The van der Waals surface area contributed by atoms with Crippen molar-refractivity contribution in [3.63, 3.8) is 0 Å². The zero-order chi connectivity index (χ0) is 9.68. The number of primary amides is 1. The number of hydrogen-bond acceptors (Lipinski definition) is 3. The predicted octanol–water partition coefficient (Wildman–Crippen LogP) is -0.454. The van der Waals surface area contributed by atoms with Crippen LogP contribution in [0.3, 0.4) is 0 Å². The highest BCUT2D eigenvalue weighted by Crippen LogP contribution is 2.13. The van der Waals surface area contributed by atoms with Crippen molar-refractivity contribution in [2.24, 2.45) is 5.73 Å². The van der Waals surface area contributed by atoms with Crippen LogP contribution in [0.25, 0.3) is 0 Å². The highest BCUT2D eigenvalue weighted by atomic mass is 16.1. The second kappa shape index (κ2) is 5.19. The summed E-state index contributed by atoms with van der Waals surface area (Å²) in [6.07, 6.45) is 3.00. The minimum absolute atomic E-state index is 0.229. The Morgan fingerprint density at radius 2 is 2.46 bits per heavy atom. The fourth-order valence-electron chi connectivity index (χ4n) is 1.72. The molecule has 3 N–H and O–H groups in total. The molecule has 0 aliphatic carbocycles. The molecule has 1 heterocycles. The lowest BCUT2D eigenvalue weighted by Crippen LogP contribution is -2.36. The molecule has 1 rings (SSSR count). The van der Waals surface area contributed by atoms with E-state index in [1.165, 1.54) is 19.4 Å². The lowest BCUT2D eigenvalue weighted by Gasteiger charge is -2.19. The van der Waals surface area contributed by atoms with Crippen LogP contribution in [0, 0.1) is 0 Å². The summed E-state index contributed by atoms with van der Waals surface area (Å²) in [6, 6.07) is 0.646. The summed E-state index contributed by atoms with van der Waals surface area (Å²) in [4.78, 5) is 12.8. The summed E-state index contributed by atoms with van der Waals surface area (Å²) >= 11 is 0. The van der Waals surface area contributed by atoms with Crippen molar-refractivity contribution in [1.82, 2.24) is 10.2 Å². The maximum absolute atomic E-state index is 10.4. The Hall–Kier alpha value is -0.610. The molecule has 1 aliphatic heterocycles. The summed E-state index contributed by atoms with van der Waals surface area (Å²) in [7, 11) is 2.15. The van der Waals surface area contributed by atoms with Crippen LogP contribution < -0.4 is 11.1 Å². The summed E-state index contributed by atoms with van der Waals surface area (Å²) < 4.78 is 0. The molecule has 1 aliphatic rings. The third-order valence-electron chi connectivity index (χ3n) is 2.60. The van der Waals surface area contributed by atoms with Gasteiger partial charge in [-0.3, -0.25) is 4.79 Å². The van der Waals surface area contributed by atoms with Gasteiger partial charge in [0.2, 0.25) is 5.91 Å². The van der Waals surface area contributed by atoms with Crippen LogP contribution in [-0.4, -0.2) is 43.5 Å². The van der Waals surface area contributed by atoms with E-state index >= 15 is 0 Å². The van der Waals surface area contributed by atoms with Gasteiger partial charge in [0.05, 0.1) is 0 Å². The SMILES string of the molecule is CN1CCCC1CNCCC(N)=O. The molecule has 4 nitrogen and oxygen atoms in total. The van der Waals surface area contributed by atoms with Crippen molar-refractivity contribution in [3.05, 3.63) is 0 Å². The van der Waals surface area contributed by atoms with Gasteiger partial charge in [0.25, 0.3) is 0 Å². The van der Waals surface area contributed by atoms with Crippen molar-refractivity contribution >= 4 is 5.91 Å². The van der Waals surface area contributed by atoms with Gasteiger partial charge < -0.3 is 16.0 Å². The first-order chi connectivity index (χ1) is 6.20. The smallest absolute Gasteiger partial charge is 0.218 e. The average Bonchev–Trinajstić information content (AvgIpc) is 2.45. The number of likely N-dealkylation sites (tertiary alicyclic amines) is 1. The van der Waals surface area contributed by atoms with E-state index < -0.39 is 0 Å². The molecule has 76 valence electrons. The van der Waals surface area contributed by atoms with E-state index in [0.717, 1.165) is 6.54 Å². The zero-order valence-electron chi connectivity index (χ0n) is 8.25. The van der Waals surface area contributed by atoms with E-state index in [9.17, 15) is 4.79 Å². The number of nitrogens with zero attached hydrogens (tertiary/aromatic N) is 1. The van der Waals surface area contributed by atoms with Crippen LogP contribution in [0.15, 0.2) is 0 Å². The van der Waals surface area contributed by atoms with Gasteiger partial charge in [0.15, 0.2) is 0 Å². The number of nitrogens with two attached hydrogens (primary N) is 1. The highest BCUT2D eigenvalue weighted by molar-refractivity contribution is 5.73. The fraction of sp³-hybridized carbons (Fsp3) is 0.889. The Bertz CT molecular complexity index is 172. The van der Waals surface area contributed by atoms with E-state index in [1.54, 1.807) is 0 Å². The Morgan fingerprint density at radius 3 is 3.00 bits per heavy atom. The van der Waals surface area contributed by atoms with Crippen LogP contribution >= 0.6 is 0 Å². The molecule has 0 radical (unpaired) electrons. The first-order valence-corrected chi connectivity index (χ1v) is 4.89. The number of nitrogens with one attached hydrogen (secondary N) is 1. The molecule has 0 aromatic heterocycles. The number of carbonyl (C=O) groups is 1. The first-order valence-electron chi connectivity index (χ1n) is 4.89. The lowest BCUT2D eigenvalue weighted by atomic mass is 10.2. The fourth-order valence-corrected chi connectivity index (χ4v) is 1.72. The molecule has 0 bridgehead atoms. The summed E-state index contributed by atoms with van der Waals surface area (Å²) in [5, 5.41) is 3.25. The van der Waals surface area contributed by atoms with Gasteiger partial charge in [-0.2, -0.15) is 0 Å². The van der Waals surface area contributed by atoms with E-state index in [2.05, 4.69) is 17.3 Å². The van der Waals surface area contributed by atoms with E-state index in [1.807, 2.05) is 0 Å². The third-order valence-corrected chi connectivity index (χ3v) is 2.60. The van der Waals surface area contributed by atoms with Crippen LogP contribution in [0.4, 0.5) is 0 Å². The van der Waals surface area contributed by atoms with Crippen LogP contribution in [0.2, 0.25) is 0 Å². The zero-order valence-corrected chi connectivity index (χ0v) is 8.25. The molecule has 0 saturated carbocycles. The summed E-state index contributed by atoms with van der Waals surface area (Å²) in [5.41, 5.74) is 5.02. The first kappa shape index (κ1) is 10.5. The van der Waals surface area contributed by atoms with Crippen molar-refractivity contribution in [2.45, 2.75) is 25.3 Å². The van der Waals surface area contributed by atoms with Gasteiger partial charge in [-0.15, -0.1) is 0 Å². The van der Waals surface area contributed by atoms with Crippen LogP contribution in [0.5, 0.6) is 0 Å². The Labute approximate surface area is 79.5 Å². The van der Waals surface area contributed by atoms with Gasteiger partial charge in [-0.05, 0) is 26.4 Å². The molecule has 1 atom stereocenters. The maximum atomic E-state index is 10.4. The molecular weight excluding hydrogens is 166 g/mol. The van der Waals surface area contributed by atoms with E-state index in [-0.39, 0.29) is 5.91 Å². The summed E-state index contributed by atoms with van der Waals surface area (Å²) in [5.74, 6) is -0.229. The van der Waals surface area contributed by atoms with Gasteiger partial charge in [0.1, 0.15) is 0 Å². The van der Waals surface area contributed by atoms with Crippen molar-refractivity contribution in [2.75, 3.05) is 26.7 Å². The normalized spacial score (nSPS) is 23.6. The number of hydrogen-bond donors (Lipinski definition) is 2. The average molecular weight is 185 g/mol. The molecule has 4 heteroatoms. The van der Waals surface area contributed by atoms with E-state index in [4.69, 9.17) is 5.73 Å². The van der Waals surface area contributed by atoms with E-state index in [0.29, 0.717) is 19.0 Å². The Balaban J connectivity index is 2.02. The van der Waals surface area contributed by atoms with Crippen LogP contribution in [-0.2, 0) is 4.79 Å². The second-order valence-electron chi connectivity index (χ2n) is 3.70. The summed E-state index contributed by atoms with van der Waals surface area (Å²) in [6.45, 7) is 2.88. The third kappa shape index (κ3) is 3.74. The van der Waals surface area contributed by atoms with Gasteiger partial charge in [-0.1, -0.05) is 0 Å². The largest absolute Gasteiger partial charge is 0.370 e. The predicted molar refractivity (Wildman–Crippen MR) is 52.3 cm³/mol. The van der Waals surface area contributed by atoms with Crippen molar-refractivity contribution < 1.29 is 4.79 Å². The standard InChI is InChI=1S/C9H19N3O/c1-12-6-2-3-8(12)7-11-5-4-9(10)13/h8,11H,2-7H2,1H3,(H2,10,13). The number of rotatable bonds is 5. The number of likely N-dealkylation sites (N-methyl/N-ethyl adjacent to an activating group) is 1. The minimum Gasteiger partial charge on any atom is -0.370 e. The molecule has 1 fully saturated rings. The second-order valence-corrected chi connectivity index (χ2v) is 3.70. The maximum Gasteiger partial charge on any atom is 0.218 e. The molecule has 1 amide bonds. The van der Waals surface area contributed by atoms with Crippen molar-refractivity contribution in [1.29, 1.82) is 0 Å². The molecule has 1 unspecified atom stereocenters. The topological polar surface area (TPSA) is 58.4 Å². The Kier molecular flexibility index (Phi) is 4.18. The Morgan fingerprint density at radius 1 is 1.69 bits per heavy atom. The molecule has 0 spiro atoms. The highest BCUT2D eigenvalue weighted by Gasteiger charge is 2.19. The molecule has 0 aromatic carbocycles. The van der Waals surface area contributed by atoms with Gasteiger partial charge in [-0.25, -0.2) is 0 Å².